The molecule has 1 aliphatic rings. The van der Waals surface area contributed by atoms with Gasteiger partial charge in [-0.2, -0.15) is 4.31 Å². The molecule has 1 amide bonds. The van der Waals surface area contributed by atoms with Crippen LogP contribution in [-0.2, 0) is 21.2 Å². The summed E-state index contributed by atoms with van der Waals surface area (Å²) in [6.07, 6.45) is 0.689. The van der Waals surface area contributed by atoms with Crippen LogP contribution in [0.4, 0.5) is 10.1 Å². The van der Waals surface area contributed by atoms with Crippen molar-refractivity contribution in [1.82, 2.24) is 4.31 Å². The molecule has 0 radical (unpaired) electrons. The van der Waals surface area contributed by atoms with Crippen LogP contribution in [0.1, 0.15) is 12.5 Å². The van der Waals surface area contributed by atoms with E-state index in [-0.39, 0.29) is 29.1 Å². The summed E-state index contributed by atoms with van der Waals surface area (Å²) >= 11 is 3.42. The summed E-state index contributed by atoms with van der Waals surface area (Å²) in [5.41, 5.74) is 1.79. The number of ether oxygens (including phenoxy) is 1. The molecule has 150 valence electrons. The highest BCUT2D eigenvalue weighted by Gasteiger charge is 2.34. The number of sulfonamides is 1. The van der Waals surface area contributed by atoms with Gasteiger partial charge in [0.1, 0.15) is 16.5 Å². The number of amides is 1. The van der Waals surface area contributed by atoms with Gasteiger partial charge in [0.05, 0.1) is 13.7 Å². The van der Waals surface area contributed by atoms with Gasteiger partial charge in [0.2, 0.25) is 15.9 Å². The predicted octanol–water partition coefficient (Wildman–Crippen LogP) is 3.20. The van der Waals surface area contributed by atoms with Crippen molar-refractivity contribution >= 4 is 37.5 Å². The van der Waals surface area contributed by atoms with Gasteiger partial charge in [-0.15, -0.1) is 0 Å². The SMILES string of the molecule is COc1ccc(F)cc1S(=O)(=O)N(C)CC(=O)N1c2ccc(Br)cc2C[C@@H]1C. The monoisotopic (exact) mass is 470 g/mol. The molecule has 3 rings (SSSR count). The number of methoxy groups -OCH3 is 1. The number of benzene rings is 2. The lowest BCUT2D eigenvalue weighted by Crippen LogP contribution is -2.43. The molecule has 0 N–H and O–H groups in total. The van der Waals surface area contributed by atoms with Crippen molar-refractivity contribution < 1.29 is 22.3 Å². The zero-order valence-electron chi connectivity index (χ0n) is 15.6. The number of nitrogens with zero attached hydrogens (tertiary/aromatic N) is 2. The van der Waals surface area contributed by atoms with Crippen molar-refractivity contribution in [2.24, 2.45) is 0 Å². The Labute approximate surface area is 172 Å². The van der Waals surface area contributed by atoms with E-state index in [0.717, 1.165) is 32.2 Å². The smallest absolute Gasteiger partial charge is 0.247 e. The van der Waals surface area contributed by atoms with Gasteiger partial charge in [0.25, 0.3) is 0 Å². The van der Waals surface area contributed by atoms with Gasteiger partial charge in [-0.3, -0.25) is 4.79 Å². The van der Waals surface area contributed by atoms with Crippen LogP contribution < -0.4 is 9.64 Å². The Bertz CT molecular complexity index is 1030. The van der Waals surface area contributed by atoms with Crippen LogP contribution in [0.5, 0.6) is 5.75 Å². The Morgan fingerprint density at radius 1 is 1.32 bits per heavy atom. The summed E-state index contributed by atoms with van der Waals surface area (Å²) in [7, 11) is -1.52. The van der Waals surface area contributed by atoms with Gasteiger partial charge in [0.15, 0.2) is 0 Å². The molecule has 2 aromatic rings. The van der Waals surface area contributed by atoms with Crippen molar-refractivity contribution in [1.29, 1.82) is 0 Å². The van der Waals surface area contributed by atoms with E-state index in [1.165, 1.54) is 20.2 Å². The summed E-state index contributed by atoms with van der Waals surface area (Å²) in [5, 5.41) is 0. The first kappa shape index (κ1) is 20.8. The third-order valence-electron chi connectivity index (χ3n) is 4.70. The number of likely N-dealkylation sites (N-methyl/N-ethyl adjacent to an activating group) is 1. The van der Waals surface area contributed by atoms with E-state index in [0.29, 0.717) is 6.42 Å². The van der Waals surface area contributed by atoms with Gasteiger partial charge in [-0.25, -0.2) is 12.8 Å². The summed E-state index contributed by atoms with van der Waals surface area (Å²) in [6, 6.07) is 8.80. The van der Waals surface area contributed by atoms with E-state index in [2.05, 4.69) is 15.9 Å². The zero-order valence-corrected chi connectivity index (χ0v) is 18.0. The van der Waals surface area contributed by atoms with E-state index in [1.54, 1.807) is 4.90 Å². The van der Waals surface area contributed by atoms with Crippen molar-refractivity contribution in [3.05, 3.63) is 52.3 Å². The normalized spacial score (nSPS) is 16.4. The highest BCUT2D eigenvalue weighted by Crippen LogP contribution is 2.34. The molecule has 2 aromatic carbocycles. The standard InChI is InChI=1S/C19H20BrFN2O4S/c1-12-8-13-9-14(20)4-6-16(13)23(12)19(24)11-22(2)28(25,26)18-10-15(21)5-7-17(18)27-3/h4-7,9-10,12H,8,11H2,1-3H3/t12-/m0/s1. The summed E-state index contributed by atoms with van der Waals surface area (Å²) in [4.78, 5) is 14.2. The molecular formula is C19H20BrFN2O4S. The first-order valence-electron chi connectivity index (χ1n) is 8.55. The lowest BCUT2D eigenvalue weighted by Gasteiger charge is -2.26. The Morgan fingerprint density at radius 3 is 2.71 bits per heavy atom. The lowest BCUT2D eigenvalue weighted by atomic mass is 10.1. The van der Waals surface area contributed by atoms with Crippen LogP contribution in [0.2, 0.25) is 0 Å². The van der Waals surface area contributed by atoms with Crippen molar-refractivity contribution in [3.63, 3.8) is 0 Å². The Balaban J connectivity index is 1.86. The maximum absolute atomic E-state index is 13.6. The molecule has 0 saturated heterocycles. The number of rotatable bonds is 5. The van der Waals surface area contributed by atoms with Crippen LogP contribution in [0, 0.1) is 5.82 Å². The number of halogens is 2. The van der Waals surface area contributed by atoms with Gasteiger partial charge < -0.3 is 9.64 Å². The molecule has 0 fully saturated rings. The lowest BCUT2D eigenvalue weighted by molar-refractivity contribution is -0.118. The molecule has 1 aliphatic heterocycles. The van der Waals surface area contributed by atoms with Crippen LogP contribution in [0.3, 0.4) is 0 Å². The average Bonchev–Trinajstić information content (AvgIpc) is 2.96. The van der Waals surface area contributed by atoms with E-state index in [9.17, 15) is 17.6 Å². The summed E-state index contributed by atoms with van der Waals surface area (Å²) < 4.78 is 46.3. The maximum Gasteiger partial charge on any atom is 0.247 e. The third kappa shape index (κ3) is 3.78. The second-order valence-electron chi connectivity index (χ2n) is 6.65. The number of hydrogen-bond acceptors (Lipinski definition) is 4. The van der Waals surface area contributed by atoms with E-state index in [4.69, 9.17) is 4.74 Å². The molecule has 0 saturated carbocycles. The minimum Gasteiger partial charge on any atom is -0.495 e. The molecule has 0 aliphatic carbocycles. The summed E-state index contributed by atoms with van der Waals surface area (Å²) in [5.74, 6) is -1.03. The first-order valence-corrected chi connectivity index (χ1v) is 10.8. The molecule has 0 spiro atoms. The van der Waals surface area contributed by atoms with Crippen molar-refractivity contribution in [3.8, 4) is 5.75 Å². The van der Waals surface area contributed by atoms with Crippen molar-refractivity contribution in [2.45, 2.75) is 24.3 Å². The second-order valence-corrected chi connectivity index (χ2v) is 9.58. The predicted molar refractivity (Wildman–Crippen MR) is 108 cm³/mol. The Morgan fingerprint density at radius 2 is 2.04 bits per heavy atom. The fourth-order valence-corrected chi connectivity index (χ4v) is 5.04. The Hall–Kier alpha value is -1.97. The van der Waals surface area contributed by atoms with Crippen LogP contribution in [0.25, 0.3) is 0 Å². The Kier molecular flexibility index (Phi) is 5.79. The highest BCUT2D eigenvalue weighted by molar-refractivity contribution is 9.10. The van der Waals surface area contributed by atoms with Crippen LogP contribution in [0.15, 0.2) is 45.8 Å². The molecule has 28 heavy (non-hydrogen) atoms. The van der Waals surface area contributed by atoms with Gasteiger partial charge in [-0.1, -0.05) is 15.9 Å². The van der Waals surface area contributed by atoms with Gasteiger partial charge >= 0.3 is 0 Å². The molecule has 0 bridgehead atoms. The minimum absolute atomic E-state index is 0.0189. The molecular weight excluding hydrogens is 451 g/mol. The quantitative estimate of drug-likeness (QED) is 0.672. The van der Waals surface area contributed by atoms with Gasteiger partial charge in [-0.05, 0) is 55.3 Å². The number of fused-ring (bicyclic) bond motifs is 1. The fourth-order valence-electron chi connectivity index (χ4n) is 3.35. The largest absolute Gasteiger partial charge is 0.495 e. The van der Waals surface area contributed by atoms with E-state index in [1.807, 2.05) is 25.1 Å². The topological polar surface area (TPSA) is 66.9 Å². The molecule has 6 nitrogen and oxygen atoms in total. The molecule has 0 aromatic heterocycles. The number of carbonyl (C=O) groups excluding carboxylic acids is 1. The first-order chi connectivity index (χ1) is 13.1. The molecule has 9 heteroatoms. The van der Waals surface area contributed by atoms with Crippen LogP contribution >= 0.6 is 15.9 Å². The van der Waals surface area contributed by atoms with Crippen molar-refractivity contribution in [2.75, 3.05) is 25.6 Å². The number of carbonyl (C=O) groups is 1. The van der Waals surface area contributed by atoms with E-state index < -0.39 is 15.8 Å². The van der Waals surface area contributed by atoms with Crippen LogP contribution in [-0.4, -0.2) is 45.4 Å². The second kappa shape index (κ2) is 7.81. The van der Waals surface area contributed by atoms with E-state index >= 15 is 0 Å². The molecule has 1 heterocycles. The number of hydrogen-bond donors (Lipinski definition) is 0. The maximum atomic E-state index is 13.6. The zero-order chi connectivity index (χ0) is 20.6. The fraction of sp³-hybridized carbons (Fsp3) is 0.316. The average molecular weight is 471 g/mol. The van der Waals surface area contributed by atoms with Gasteiger partial charge in [0, 0.05) is 23.2 Å². The molecule has 0 unspecified atom stereocenters. The third-order valence-corrected chi connectivity index (χ3v) is 7.02. The minimum atomic E-state index is -4.12. The summed E-state index contributed by atoms with van der Waals surface area (Å²) in [6.45, 7) is 1.54. The molecule has 1 atom stereocenters. The number of anilines is 1. The highest BCUT2D eigenvalue weighted by atomic mass is 79.9.